The molecular formula is C13H12ClN5S2. The fourth-order valence-electron chi connectivity index (χ4n) is 1.78. The Bertz CT molecular complexity index is 768. The number of aromatic nitrogens is 5. The van der Waals surface area contributed by atoms with Crippen molar-refractivity contribution < 1.29 is 0 Å². The van der Waals surface area contributed by atoms with Crippen LogP contribution in [-0.4, -0.2) is 24.1 Å². The SMILES string of the molecule is CCc1nsc(Sc2nnc(-c3cccc(Cl)c3)n2C)n1. The molecule has 0 aliphatic rings. The molecule has 0 aliphatic carbocycles. The maximum absolute atomic E-state index is 6.02. The van der Waals surface area contributed by atoms with E-state index in [0.717, 1.165) is 33.1 Å². The number of rotatable bonds is 4. The number of halogens is 1. The van der Waals surface area contributed by atoms with Crippen molar-refractivity contribution in [3.8, 4) is 11.4 Å². The van der Waals surface area contributed by atoms with E-state index in [2.05, 4.69) is 19.6 Å². The Hall–Kier alpha value is -1.44. The third-order valence-electron chi connectivity index (χ3n) is 2.86. The average molecular weight is 338 g/mol. The largest absolute Gasteiger partial charge is 0.305 e. The molecule has 0 unspecified atom stereocenters. The highest BCUT2D eigenvalue weighted by molar-refractivity contribution is 8.00. The minimum absolute atomic E-state index is 0.682. The zero-order chi connectivity index (χ0) is 14.8. The molecule has 0 bridgehead atoms. The predicted octanol–water partition coefficient (Wildman–Crippen LogP) is 3.70. The van der Waals surface area contributed by atoms with Gasteiger partial charge in [-0.05, 0) is 35.4 Å². The van der Waals surface area contributed by atoms with E-state index < -0.39 is 0 Å². The van der Waals surface area contributed by atoms with Gasteiger partial charge < -0.3 is 4.57 Å². The van der Waals surface area contributed by atoms with E-state index in [9.17, 15) is 0 Å². The van der Waals surface area contributed by atoms with Gasteiger partial charge in [0.1, 0.15) is 5.82 Å². The highest BCUT2D eigenvalue weighted by atomic mass is 35.5. The van der Waals surface area contributed by atoms with Crippen LogP contribution in [0.2, 0.25) is 5.02 Å². The summed E-state index contributed by atoms with van der Waals surface area (Å²) >= 11 is 8.88. The minimum Gasteiger partial charge on any atom is -0.305 e. The first kappa shape index (κ1) is 14.5. The lowest BCUT2D eigenvalue weighted by molar-refractivity contribution is 0.793. The fraction of sp³-hybridized carbons (Fsp3) is 0.231. The Morgan fingerprint density at radius 1 is 1.33 bits per heavy atom. The van der Waals surface area contributed by atoms with Crippen molar-refractivity contribution in [2.45, 2.75) is 22.8 Å². The van der Waals surface area contributed by atoms with Gasteiger partial charge >= 0.3 is 0 Å². The first-order chi connectivity index (χ1) is 10.2. The van der Waals surface area contributed by atoms with E-state index in [1.54, 1.807) is 0 Å². The second-order valence-electron chi connectivity index (χ2n) is 4.31. The van der Waals surface area contributed by atoms with Gasteiger partial charge in [0.2, 0.25) is 0 Å². The molecule has 108 valence electrons. The summed E-state index contributed by atoms with van der Waals surface area (Å²) in [7, 11) is 1.93. The maximum Gasteiger partial charge on any atom is 0.198 e. The molecule has 3 rings (SSSR count). The molecule has 3 aromatic rings. The topological polar surface area (TPSA) is 56.5 Å². The molecule has 0 saturated carbocycles. The van der Waals surface area contributed by atoms with Gasteiger partial charge in [0.05, 0.1) is 0 Å². The van der Waals surface area contributed by atoms with E-state index in [1.807, 2.05) is 42.8 Å². The third kappa shape index (κ3) is 3.09. The fourth-order valence-corrected chi connectivity index (χ4v) is 3.57. The lowest BCUT2D eigenvalue weighted by Crippen LogP contribution is -1.94. The highest BCUT2D eigenvalue weighted by Gasteiger charge is 2.14. The first-order valence-corrected chi connectivity index (χ1v) is 8.30. The van der Waals surface area contributed by atoms with Gasteiger partial charge in [0.15, 0.2) is 15.3 Å². The van der Waals surface area contributed by atoms with Gasteiger partial charge in [-0.15, -0.1) is 10.2 Å². The smallest absolute Gasteiger partial charge is 0.198 e. The lowest BCUT2D eigenvalue weighted by atomic mass is 10.2. The van der Waals surface area contributed by atoms with Crippen LogP contribution >= 0.6 is 34.9 Å². The van der Waals surface area contributed by atoms with Gasteiger partial charge in [-0.2, -0.15) is 4.37 Å². The van der Waals surface area contributed by atoms with E-state index >= 15 is 0 Å². The number of benzene rings is 1. The summed E-state index contributed by atoms with van der Waals surface area (Å²) < 4.78 is 7.08. The molecule has 0 spiro atoms. The molecule has 0 fully saturated rings. The standard InChI is InChI=1S/C13H12ClN5S2/c1-3-10-15-13(21-18-10)20-12-17-16-11(19(12)2)8-5-4-6-9(14)7-8/h4-7H,3H2,1-2H3. The van der Waals surface area contributed by atoms with Gasteiger partial charge in [-0.25, -0.2) is 4.98 Å². The lowest BCUT2D eigenvalue weighted by Gasteiger charge is -2.02. The molecule has 8 heteroatoms. The second-order valence-corrected chi connectivity index (χ2v) is 6.71. The van der Waals surface area contributed by atoms with Gasteiger partial charge in [0.25, 0.3) is 0 Å². The summed E-state index contributed by atoms with van der Waals surface area (Å²) in [6.07, 6.45) is 0.837. The van der Waals surface area contributed by atoms with Crippen molar-refractivity contribution in [3.63, 3.8) is 0 Å². The van der Waals surface area contributed by atoms with Crippen molar-refractivity contribution in [2.24, 2.45) is 7.05 Å². The molecule has 1 aromatic carbocycles. The molecule has 0 amide bonds. The quantitative estimate of drug-likeness (QED) is 0.726. The maximum atomic E-state index is 6.02. The monoisotopic (exact) mass is 337 g/mol. The Kier molecular flexibility index (Phi) is 4.23. The van der Waals surface area contributed by atoms with Crippen molar-refractivity contribution in [1.29, 1.82) is 0 Å². The summed E-state index contributed by atoms with van der Waals surface area (Å²) in [5, 5.41) is 9.93. The Morgan fingerprint density at radius 2 is 2.19 bits per heavy atom. The molecule has 21 heavy (non-hydrogen) atoms. The predicted molar refractivity (Wildman–Crippen MR) is 84.9 cm³/mol. The molecule has 0 saturated heterocycles. The third-order valence-corrected chi connectivity index (χ3v) is 4.92. The van der Waals surface area contributed by atoms with Crippen LogP contribution in [0, 0.1) is 0 Å². The molecule has 2 heterocycles. The van der Waals surface area contributed by atoms with Gasteiger partial charge in [0, 0.05) is 24.1 Å². The van der Waals surface area contributed by atoms with E-state index in [0.29, 0.717) is 5.02 Å². The van der Waals surface area contributed by atoms with Crippen LogP contribution in [0.1, 0.15) is 12.7 Å². The molecule has 0 N–H and O–H groups in total. The minimum atomic E-state index is 0.682. The summed E-state index contributed by atoms with van der Waals surface area (Å²) in [5.74, 6) is 1.64. The van der Waals surface area contributed by atoms with Crippen molar-refractivity contribution >= 4 is 34.9 Å². The number of aryl methyl sites for hydroxylation is 1. The van der Waals surface area contributed by atoms with Crippen LogP contribution in [0.3, 0.4) is 0 Å². The summed E-state index contributed by atoms with van der Waals surface area (Å²) in [5.41, 5.74) is 0.941. The molecule has 5 nitrogen and oxygen atoms in total. The van der Waals surface area contributed by atoms with Crippen LogP contribution < -0.4 is 0 Å². The molecular weight excluding hydrogens is 326 g/mol. The normalized spacial score (nSPS) is 11.0. The number of hydrogen-bond acceptors (Lipinski definition) is 6. The van der Waals surface area contributed by atoms with Crippen LogP contribution in [0.5, 0.6) is 0 Å². The van der Waals surface area contributed by atoms with Gasteiger partial charge in [-0.3, -0.25) is 0 Å². The van der Waals surface area contributed by atoms with Gasteiger partial charge in [-0.1, -0.05) is 30.7 Å². The summed E-state index contributed by atoms with van der Waals surface area (Å²) in [6, 6.07) is 7.58. The first-order valence-electron chi connectivity index (χ1n) is 6.33. The van der Waals surface area contributed by atoms with Crippen molar-refractivity contribution in [1.82, 2.24) is 24.1 Å². The van der Waals surface area contributed by atoms with E-state index in [-0.39, 0.29) is 0 Å². The van der Waals surface area contributed by atoms with Crippen LogP contribution in [-0.2, 0) is 13.5 Å². The number of hydrogen-bond donors (Lipinski definition) is 0. The van der Waals surface area contributed by atoms with E-state index in [4.69, 9.17) is 11.6 Å². The zero-order valence-electron chi connectivity index (χ0n) is 11.4. The Labute approximate surface area is 135 Å². The van der Waals surface area contributed by atoms with Crippen molar-refractivity contribution in [2.75, 3.05) is 0 Å². The summed E-state index contributed by atoms with van der Waals surface area (Å²) in [4.78, 5) is 4.43. The zero-order valence-corrected chi connectivity index (χ0v) is 13.8. The van der Waals surface area contributed by atoms with Crippen LogP contribution in [0.15, 0.2) is 33.8 Å². The molecule has 0 radical (unpaired) electrons. The average Bonchev–Trinajstić information content (AvgIpc) is 3.07. The Morgan fingerprint density at radius 3 is 2.90 bits per heavy atom. The molecule has 0 atom stereocenters. The van der Waals surface area contributed by atoms with Crippen LogP contribution in [0.25, 0.3) is 11.4 Å². The molecule has 0 aliphatic heterocycles. The number of nitrogens with zero attached hydrogens (tertiary/aromatic N) is 5. The molecule has 2 aromatic heterocycles. The van der Waals surface area contributed by atoms with Crippen LogP contribution in [0.4, 0.5) is 0 Å². The summed E-state index contributed by atoms with van der Waals surface area (Å²) in [6.45, 7) is 2.04. The Balaban J connectivity index is 1.88. The highest BCUT2D eigenvalue weighted by Crippen LogP contribution is 2.30. The second kappa shape index (κ2) is 6.13. The van der Waals surface area contributed by atoms with E-state index in [1.165, 1.54) is 23.3 Å². The van der Waals surface area contributed by atoms with Crippen molar-refractivity contribution in [3.05, 3.63) is 35.1 Å².